The van der Waals surface area contributed by atoms with Gasteiger partial charge >= 0.3 is 17.9 Å². The van der Waals surface area contributed by atoms with Gasteiger partial charge in [0.05, 0.1) is 0 Å². The van der Waals surface area contributed by atoms with Gasteiger partial charge in [0.2, 0.25) is 0 Å². The maximum atomic E-state index is 11.6. The first-order chi connectivity index (χ1) is 12.3. The Balaban J connectivity index is 3.14. The van der Waals surface area contributed by atoms with Crippen molar-refractivity contribution in [3.8, 4) is 0 Å². The summed E-state index contributed by atoms with van der Waals surface area (Å²) < 4.78 is 22.0. The molecule has 0 aromatic heterocycles. The summed E-state index contributed by atoms with van der Waals surface area (Å²) in [5.74, 6) is -1.65. The topological polar surface area (TPSA) is 88.1 Å². The second kappa shape index (κ2) is 11.6. The Bertz CT molecular complexity index is 525. The maximum absolute atomic E-state index is 11.6. The number of hydrogen-bond acceptors (Lipinski definition) is 8. The molecule has 1 aliphatic heterocycles. The van der Waals surface area contributed by atoms with Crippen molar-refractivity contribution < 1.29 is 33.3 Å². The number of carbonyl (C=O) groups excluding carboxylic acids is 3. The Hall–Kier alpha value is -1.06. The van der Waals surface area contributed by atoms with Crippen LogP contribution in [-0.2, 0) is 33.3 Å². The molecule has 5 atom stereocenters. The SMILES string of the molecule is CCCC=CS[C@@H]1O[C@H](CBr)[C@H](OC(C)=O)[C@H](OC(C)=O)[C@H]1OC(C)=O. The fourth-order valence-electron chi connectivity index (χ4n) is 2.46. The summed E-state index contributed by atoms with van der Waals surface area (Å²) in [5.41, 5.74) is -0.606. The highest BCUT2D eigenvalue weighted by Crippen LogP contribution is 2.35. The van der Waals surface area contributed by atoms with Crippen molar-refractivity contribution in [1.82, 2.24) is 0 Å². The lowest BCUT2D eigenvalue weighted by Crippen LogP contribution is -2.60. The Kier molecular flexibility index (Phi) is 10.3. The van der Waals surface area contributed by atoms with Gasteiger partial charge in [-0.25, -0.2) is 0 Å². The molecule has 0 aromatic carbocycles. The number of alkyl halides is 1. The average Bonchev–Trinajstić information content (AvgIpc) is 2.54. The lowest BCUT2D eigenvalue weighted by Gasteiger charge is -2.43. The first-order valence-electron chi connectivity index (χ1n) is 8.33. The molecule has 0 N–H and O–H groups in total. The summed E-state index contributed by atoms with van der Waals surface area (Å²) in [6, 6.07) is 0. The third-order valence-electron chi connectivity index (χ3n) is 3.41. The molecule has 1 rings (SSSR count). The zero-order valence-electron chi connectivity index (χ0n) is 15.3. The minimum absolute atomic E-state index is 0.352. The fourth-order valence-corrected chi connectivity index (χ4v) is 3.95. The fraction of sp³-hybridized carbons (Fsp3) is 0.706. The second-order valence-electron chi connectivity index (χ2n) is 5.72. The van der Waals surface area contributed by atoms with E-state index >= 15 is 0 Å². The van der Waals surface area contributed by atoms with Crippen LogP contribution in [0, 0.1) is 0 Å². The molecule has 148 valence electrons. The van der Waals surface area contributed by atoms with Crippen molar-refractivity contribution in [3.63, 3.8) is 0 Å². The summed E-state index contributed by atoms with van der Waals surface area (Å²) >= 11 is 4.66. The normalized spacial score (nSPS) is 28.6. The van der Waals surface area contributed by atoms with Crippen LogP contribution in [0.25, 0.3) is 0 Å². The summed E-state index contributed by atoms with van der Waals surface area (Å²) in [4.78, 5) is 34.7. The largest absolute Gasteiger partial charge is 0.456 e. The molecule has 0 aromatic rings. The monoisotopic (exact) mass is 452 g/mol. The molecule has 7 nitrogen and oxygen atoms in total. The second-order valence-corrected chi connectivity index (χ2v) is 7.37. The average molecular weight is 453 g/mol. The number of hydrogen-bond donors (Lipinski definition) is 0. The number of carbonyl (C=O) groups is 3. The van der Waals surface area contributed by atoms with Gasteiger partial charge < -0.3 is 18.9 Å². The van der Waals surface area contributed by atoms with Gasteiger partial charge in [-0.1, -0.05) is 47.1 Å². The molecule has 1 aliphatic rings. The van der Waals surface area contributed by atoms with E-state index < -0.39 is 47.8 Å². The maximum Gasteiger partial charge on any atom is 0.303 e. The zero-order valence-corrected chi connectivity index (χ0v) is 17.7. The van der Waals surface area contributed by atoms with E-state index in [-0.39, 0.29) is 0 Å². The van der Waals surface area contributed by atoms with E-state index in [1.54, 1.807) is 0 Å². The molecule has 0 saturated carbocycles. The Labute approximate surface area is 166 Å². The predicted octanol–water partition coefficient (Wildman–Crippen LogP) is 2.95. The van der Waals surface area contributed by atoms with Gasteiger partial charge in [-0.05, 0) is 11.8 Å². The zero-order chi connectivity index (χ0) is 19.7. The summed E-state index contributed by atoms with van der Waals surface area (Å²) in [7, 11) is 0. The molecule has 1 fully saturated rings. The highest BCUT2D eigenvalue weighted by molar-refractivity contribution is 9.09. The molecule has 26 heavy (non-hydrogen) atoms. The van der Waals surface area contributed by atoms with Crippen molar-refractivity contribution >= 4 is 45.6 Å². The smallest absolute Gasteiger partial charge is 0.303 e. The standard InChI is InChI=1S/C17H25BrO7S/c1-5-6-7-8-26-17-16(24-12(4)21)15(23-11(3)20)14(22-10(2)19)13(9-18)25-17/h7-8,13-17H,5-6,9H2,1-4H3/t13-,14+,15+,16-,17+/m1/s1. The lowest BCUT2D eigenvalue weighted by atomic mass is 10.00. The van der Waals surface area contributed by atoms with Crippen molar-refractivity contribution in [2.45, 2.75) is 70.4 Å². The lowest BCUT2D eigenvalue weighted by molar-refractivity contribution is -0.227. The van der Waals surface area contributed by atoms with E-state index in [4.69, 9.17) is 18.9 Å². The number of thioether (sulfide) groups is 1. The number of unbranched alkanes of at least 4 members (excludes halogenated alkanes) is 1. The van der Waals surface area contributed by atoms with Gasteiger partial charge in [-0.2, -0.15) is 0 Å². The van der Waals surface area contributed by atoms with Crippen molar-refractivity contribution in [2.24, 2.45) is 0 Å². The van der Waals surface area contributed by atoms with Crippen molar-refractivity contribution in [3.05, 3.63) is 11.5 Å². The highest BCUT2D eigenvalue weighted by Gasteiger charge is 2.51. The third-order valence-corrected chi connectivity index (χ3v) is 5.05. The first-order valence-corrected chi connectivity index (χ1v) is 10.4. The van der Waals surface area contributed by atoms with Crippen LogP contribution < -0.4 is 0 Å². The highest BCUT2D eigenvalue weighted by atomic mass is 79.9. The number of ether oxygens (including phenoxy) is 4. The van der Waals surface area contributed by atoms with Crippen LogP contribution in [0.1, 0.15) is 40.5 Å². The molecule has 0 bridgehead atoms. The molecule has 0 spiro atoms. The van der Waals surface area contributed by atoms with E-state index in [1.165, 1.54) is 32.5 Å². The molecular formula is C17H25BrO7S. The Morgan fingerprint density at radius 2 is 1.54 bits per heavy atom. The van der Waals surface area contributed by atoms with Gasteiger partial charge in [-0.3, -0.25) is 14.4 Å². The predicted molar refractivity (Wildman–Crippen MR) is 101 cm³/mol. The molecule has 9 heteroatoms. The van der Waals surface area contributed by atoms with E-state index in [0.717, 1.165) is 12.8 Å². The quantitative estimate of drug-likeness (QED) is 0.315. The molecule has 0 radical (unpaired) electrons. The number of allylic oxidation sites excluding steroid dienone is 1. The van der Waals surface area contributed by atoms with Crippen LogP contribution in [0.3, 0.4) is 0 Å². The van der Waals surface area contributed by atoms with Gasteiger partial charge in [-0.15, -0.1) is 0 Å². The van der Waals surface area contributed by atoms with Crippen molar-refractivity contribution in [2.75, 3.05) is 5.33 Å². The Morgan fingerprint density at radius 3 is 2.04 bits per heavy atom. The molecule has 0 aliphatic carbocycles. The molecule has 0 unspecified atom stereocenters. The molecule has 1 saturated heterocycles. The van der Waals surface area contributed by atoms with E-state index in [1.807, 2.05) is 11.5 Å². The molecule has 1 heterocycles. The summed E-state index contributed by atoms with van der Waals surface area (Å²) in [6.45, 7) is 5.83. The Morgan fingerprint density at radius 1 is 1.00 bits per heavy atom. The number of halogens is 1. The molecular weight excluding hydrogens is 428 g/mol. The minimum Gasteiger partial charge on any atom is -0.456 e. The summed E-state index contributed by atoms with van der Waals surface area (Å²) in [5, 5.41) is 2.22. The van der Waals surface area contributed by atoms with Crippen LogP contribution in [-0.4, -0.2) is 53.1 Å². The van der Waals surface area contributed by atoms with Crippen LogP contribution in [0.5, 0.6) is 0 Å². The van der Waals surface area contributed by atoms with Crippen LogP contribution >= 0.6 is 27.7 Å². The van der Waals surface area contributed by atoms with Crippen LogP contribution in [0.2, 0.25) is 0 Å². The molecule has 0 amide bonds. The third kappa shape index (κ3) is 7.28. The van der Waals surface area contributed by atoms with E-state index in [0.29, 0.717) is 5.33 Å². The first kappa shape index (κ1) is 23.0. The van der Waals surface area contributed by atoms with Gasteiger partial charge in [0.15, 0.2) is 18.3 Å². The van der Waals surface area contributed by atoms with Gasteiger partial charge in [0.1, 0.15) is 11.5 Å². The van der Waals surface area contributed by atoms with E-state index in [9.17, 15) is 14.4 Å². The van der Waals surface area contributed by atoms with E-state index in [2.05, 4.69) is 22.9 Å². The number of rotatable bonds is 8. The van der Waals surface area contributed by atoms with Crippen LogP contribution in [0.4, 0.5) is 0 Å². The van der Waals surface area contributed by atoms with Crippen LogP contribution in [0.15, 0.2) is 11.5 Å². The summed E-state index contributed by atoms with van der Waals surface area (Å²) in [6.07, 6.45) is 0.569. The van der Waals surface area contributed by atoms with Gasteiger partial charge in [0.25, 0.3) is 0 Å². The minimum atomic E-state index is -0.964. The van der Waals surface area contributed by atoms with Gasteiger partial charge in [0, 0.05) is 26.1 Å². The number of esters is 3. The van der Waals surface area contributed by atoms with Crippen molar-refractivity contribution in [1.29, 1.82) is 0 Å².